The molecule has 1 aliphatic heterocycles. The van der Waals surface area contributed by atoms with E-state index in [0.29, 0.717) is 0 Å². The molecule has 0 aromatic heterocycles. The van der Waals surface area contributed by atoms with E-state index < -0.39 is 0 Å². The van der Waals surface area contributed by atoms with Gasteiger partial charge >= 0.3 is 0 Å². The second kappa shape index (κ2) is 6.89. The van der Waals surface area contributed by atoms with Crippen molar-refractivity contribution in [3.05, 3.63) is 35.6 Å². The lowest BCUT2D eigenvalue weighted by atomic mass is 9.86. The van der Waals surface area contributed by atoms with Gasteiger partial charge < -0.3 is 9.80 Å². The van der Waals surface area contributed by atoms with E-state index in [9.17, 15) is 4.39 Å². The van der Waals surface area contributed by atoms with Crippen LogP contribution in [0.4, 0.5) is 4.39 Å². The van der Waals surface area contributed by atoms with E-state index in [1.54, 1.807) is 11.0 Å². The summed E-state index contributed by atoms with van der Waals surface area (Å²) in [7, 11) is 0. The minimum absolute atomic E-state index is 0.104. The van der Waals surface area contributed by atoms with E-state index in [1.807, 2.05) is 11.0 Å². The molecule has 0 radical (unpaired) electrons. The van der Waals surface area contributed by atoms with E-state index >= 15 is 0 Å². The molecule has 1 aliphatic carbocycles. The molecule has 1 aromatic carbocycles. The molecule has 1 heterocycles. The van der Waals surface area contributed by atoms with Crippen LogP contribution in [-0.4, -0.2) is 32.2 Å². The second-order valence-corrected chi connectivity index (χ2v) is 7.18. The zero-order chi connectivity index (χ0) is 14.7. The first-order valence-corrected chi connectivity index (χ1v) is 8.63. The average Bonchev–Trinajstić information content (AvgIpc) is 2.48. The Balaban J connectivity index is 1.48. The van der Waals surface area contributed by atoms with E-state index in [1.165, 1.54) is 57.9 Å². The van der Waals surface area contributed by atoms with Crippen LogP contribution in [0.1, 0.15) is 38.2 Å². The highest BCUT2D eigenvalue weighted by molar-refractivity contribution is 5.14. The van der Waals surface area contributed by atoms with Crippen molar-refractivity contribution in [1.29, 1.82) is 0 Å². The highest BCUT2D eigenvalue weighted by Crippen LogP contribution is 2.21. The van der Waals surface area contributed by atoms with Gasteiger partial charge in [0, 0.05) is 12.0 Å². The molecule has 2 atom stereocenters. The number of benzene rings is 1. The molecule has 2 fully saturated rings. The molecule has 2 N–H and O–H groups in total. The molecule has 1 aromatic rings. The van der Waals surface area contributed by atoms with Crippen molar-refractivity contribution in [1.82, 2.24) is 0 Å². The van der Waals surface area contributed by atoms with Crippen LogP contribution in [0.25, 0.3) is 0 Å². The third kappa shape index (κ3) is 4.04. The monoisotopic (exact) mass is 292 g/mol. The van der Waals surface area contributed by atoms with Gasteiger partial charge in [-0.1, -0.05) is 25.5 Å². The van der Waals surface area contributed by atoms with Crippen molar-refractivity contribution < 1.29 is 14.2 Å². The fourth-order valence-corrected chi connectivity index (χ4v) is 4.25. The Labute approximate surface area is 127 Å². The Morgan fingerprint density at radius 3 is 2.67 bits per heavy atom. The summed E-state index contributed by atoms with van der Waals surface area (Å²) in [5, 5.41) is 0. The highest BCUT2D eigenvalue weighted by Gasteiger charge is 2.32. The lowest BCUT2D eigenvalue weighted by Gasteiger charge is -2.37. The van der Waals surface area contributed by atoms with E-state index in [0.717, 1.165) is 24.1 Å². The molecule has 1 saturated heterocycles. The topological polar surface area (TPSA) is 8.88 Å². The Hall–Kier alpha value is -0.930. The summed E-state index contributed by atoms with van der Waals surface area (Å²) in [5.74, 6) is 0.821. The van der Waals surface area contributed by atoms with Crippen molar-refractivity contribution in [2.24, 2.45) is 5.92 Å². The number of hydrogen-bond donors (Lipinski definition) is 2. The molecule has 0 spiro atoms. The minimum atomic E-state index is -0.104. The predicted molar refractivity (Wildman–Crippen MR) is 82.9 cm³/mol. The largest absolute Gasteiger partial charge is 0.323 e. The highest BCUT2D eigenvalue weighted by atomic mass is 19.1. The van der Waals surface area contributed by atoms with Crippen LogP contribution in [0.5, 0.6) is 0 Å². The molecular weight excluding hydrogens is 263 g/mol. The molecule has 116 valence electrons. The van der Waals surface area contributed by atoms with Crippen molar-refractivity contribution in [2.75, 3.05) is 26.2 Å². The van der Waals surface area contributed by atoms with E-state index in [4.69, 9.17) is 0 Å². The Morgan fingerprint density at radius 2 is 1.95 bits per heavy atom. The summed E-state index contributed by atoms with van der Waals surface area (Å²) in [6.07, 6.45) is 5.71. The molecule has 0 bridgehead atoms. The van der Waals surface area contributed by atoms with Crippen molar-refractivity contribution in [2.45, 2.75) is 45.2 Å². The summed E-state index contributed by atoms with van der Waals surface area (Å²) >= 11 is 0. The van der Waals surface area contributed by atoms with Crippen molar-refractivity contribution in [3.8, 4) is 0 Å². The number of hydrogen-bond acceptors (Lipinski definition) is 0. The normalized spacial score (nSPS) is 33.8. The van der Waals surface area contributed by atoms with Crippen LogP contribution in [-0.2, 0) is 6.54 Å². The van der Waals surface area contributed by atoms with Crippen molar-refractivity contribution >= 4 is 0 Å². The molecule has 2 aliphatic rings. The first kappa shape index (κ1) is 15.0. The van der Waals surface area contributed by atoms with Gasteiger partial charge in [-0.05, 0) is 30.9 Å². The third-order valence-corrected chi connectivity index (χ3v) is 5.46. The number of piperazine rings is 1. The zero-order valence-corrected chi connectivity index (χ0v) is 13.2. The van der Waals surface area contributed by atoms with Gasteiger partial charge in [-0.25, -0.2) is 4.39 Å². The molecular formula is C18H29FN2+2. The van der Waals surface area contributed by atoms with E-state index in [2.05, 4.69) is 13.0 Å². The summed E-state index contributed by atoms with van der Waals surface area (Å²) < 4.78 is 13.2. The van der Waals surface area contributed by atoms with E-state index in [-0.39, 0.29) is 5.82 Å². The lowest BCUT2D eigenvalue weighted by molar-refractivity contribution is -1.03. The maximum Gasteiger partial charge on any atom is 0.127 e. The number of nitrogens with one attached hydrogen (secondary N) is 2. The van der Waals surface area contributed by atoms with Gasteiger partial charge in [0.1, 0.15) is 38.5 Å². The standard InChI is InChI=1S/C18H27FN2/c1-15-4-2-7-18(12-15)21-10-8-20(9-11-21)14-16-5-3-6-17(19)13-16/h3,5-6,13,15,18H,2,4,7-12,14H2,1H3/p+2/t15-,18-/m0/s1. The van der Waals surface area contributed by atoms with Crippen LogP contribution in [0.3, 0.4) is 0 Å². The van der Waals surface area contributed by atoms with Crippen molar-refractivity contribution in [3.63, 3.8) is 0 Å². The fourth-order valence-electron chi connectivity index (χ4n) is 4.25. The number of halogens is 1. The maximum absolute atomic E-state index is 13.2. The van der Waals surface area contributed by atoms with Gasteiger partial charge in [0.05, 0.1) is 6.04 Å². The Bertz CT molecular complexity index is 454. The third-order valence-electron chi connectivity index (χ3n) is 5.46. The van der Waals surface area contributed by atoms with Gasteiger partial charge in [-0.3, -0.25) is 0 Å². The lowest BCUT2D eigenvalue weighted by Crippen LogP contribution is -3.29. The average molecular weight is 292 g/mol. The molecule has 0 amide bonds. The van der Waals surface area contributed by atoms with Crippen LogP contribution in [0, 0.1) is 11.7 Å². The van der Waals surface area contributed by atoms with Gasteiger partial charge in [0.15, 0.2) is 0 Å². The smallest absolute Gasteiger partial charge is 0.127 e. The van der Waals surface area contributed by atoms with Gasteiger partial charge in [0.2, 0.25) is 0 Å². The predicted octanol–water partition coefficient (Wildman–Crippen LogP) is 0.688. The Morgan fingerprint density at radius 1 is 1.14 bits per heavy atom. The summed E-state index contributed by atoms with van der Waals surface area (Å²) in [4.78, 5) is 3.46. The molecule has 1 saturated carbocycles. The summed E-state index contributed by atoms with van der Waals surface area (Å²) in [6.45, 7) is 8.45. The van der Waals surface area contributed by atoms with Crippen LogP contribution in [0.2, 0.25) is 0 Å². The maximum atomic E-state index is 13.2. The fraction of sp³-hybridized carbons (Fsp3) is 0.667. The number of quaternary nitrogens is 2. The molecule has 0 unspecified atom stereocenters. The zero-order valence-electron chi connectivity index (χ0n) is 13.2. The van der Waals surface area contributed by atoms with Gasteiger partial charge in [-0.15, -0.1) is 0 Å². The minimum Gasteiger partial charge on any atom is -0.323 e. The van der Waals surface area contributed by atoms with Gasteiger partial charge in [-0.2, -0.15) is 0 Å². The molecule has 21 heavy (non-hydrogen) atoms. The molecule has 3 heteroatoms. The first-order chi connectivity index (χ1) is 10.2. The Kier molecular flexibility index (Phi) is 4.91. The second-order valence-electron chi connectivity index (χ2n) is 7.18. The summed E-state index contributed by atoms with van der Waals surface area (Å²) in [5.41, 5.74) is 1.14. The molecule has 3 rings (SSSR count). The van der Waals surface area contributed by atoms with Crippen LogP contribution in [0.15, 0.2) is 24.3 Å². The number of rotatable bonds is 3. The van der Waals surface area contributed by atoms with Gasteiger partial charge in [0.25, 0.3) is 0 Å². The summed E-state index contributed by atoms with van der Waals surface area (Å²) in [6, 6.07) is 8.01. The quantitative estimate of drug-likeness (QED) is 0.811. The molecule has 2 nitrogen and oxygen atoms in total. The van der Waals surface area contributed by atoms with Crippen LogP contribution >= 0.6 is 0 Å². The van der Waals surface area contributed by atoms with Crippen LogP contribution < -0.4 is 9.80 Å². The SMILES string of the molecule is C[C@H]1CCC[C@H]([NH+]2CC[NH+](Cc3cccc(F)c3)CC2)C1. The first-order valence-electron chi connectivity index (χ1n) is 8.63.